The molecule has 2 saturated heterocycles. The predicted molar refractivity (Wildman–Crippen MR) is 86.7 cm³/mol. The fourth-order valence-corrected chi connectivity index (χ4v) is 3.90. The number of fused-ring (bicyclic) bond motifs is 1. The number of amides is 1. The molecule has 0 saturated carbocycles. The van der Waals surface area contributed by atoms with Gasteiger partial charge < -0.3 is 14.5 Å². The second-order valence-corrected chi connectivity index (χ2v) is 6.77. The van der Waals surface area contributed by atoms with Crippen LogP contribution in [0.15, 0.2) is 30.3 Å². The molecule has 4 nitrogen and oxygen atoms in total. The molecular weight excluding hydrogens is 276 g/mol. The predicted octanol–water partition coefficient (Wildman–Crippen LogP) is 1.80. The number of hydrogen-bond donors (Lipinski definition) is 0. The van der Waals surface area contributed by atoms with E-state index in [0.717, 1.165) is 45.5 Å². The Morgan fingerprint density at radius 1 is 1.36 bits per heavy atom. The second-order valence-electron chi connectivity index (χ2n) is 6.77. The maximum absolute atomic E-state index is 12.7. The third-order valence-corrected chi connectivity index (χ3v) is 5.09. The summed E-state index contributed by atoms with van der Waals surface area (Å²) in [6, 6.07) is 10.6. The van der Waals surface area contributed by atoms with Crippen LogP contribution in [-0.2, 0) is 16.0 Å². The molecular formula is C18H26N2O2. The Kier molecular flexibility index (Phi) is 4.50. The standard InChI is InChI=1S/C18H26N2O2/c1-19(2)17(21)18-10-13-22-16(18)9-12-20(14-18)11-8-15-6-4-3-5-7-15/h3-7,16H,8-14H2,1-2H3/t16-,18-/m0/s1. The Labute approximate surface area is 133 Å². The Hall–Kier alpha value is -1.39. The lowest BCUT2D eigenvalue weighted by Gasteiger charge is -2.43. The number of benzene rings is 1. The maximum atomic E-state index is 12.7. The normalized spacial score (nSPS) is 28.4. The van der Waals surface area contributed by atoms with Gasteiger partial charge in [0.25, 0.3) is 0 Å². The Balaban J connectivity index is 1.67. The van der Waals surface area contributed by atoms with Crippen LogP contribution in [0.4, 0.5) is 0 Å². The molecule has 2 fully saturated rings. The first kappa shape index (κ1) is 15.5. The van der Waals surface area contributed by atoms with E-state index in [1.807, 2.05) is 14.1 Å². The lowest BCUT2D eigenvalue weighted by molar-refractivity contribution is -0.147. The lowest BCUT2D eigenvalue weighted by atomic mass is 9.75. The van der Waals surface area contributed by atoms with Gasteiger partial charge in [-0.2, -0.15) is 0 Å². The van der Waals surface area contributed by atoms with E-state index in [1.54, 1.807) is 4.90 Å². The quantitative estimate of drug-likeness (QED) is 0.850. The van der Waals surface area contributed by atoms with Gasteiger partial charge in [-0.05, 0) is 24.8 Å². The van der Waals surface area contributed by atoms with E-state index in [9.17, 15) is 4.79 Å². The minimum atomic E-state index is -0.321. The van der Waals surface area contributed by atoms with Crippen molar-refractivity contribution in [3.05, 3.63) is 35.9 Å². The number of hydrogen-bond acceptors (Lipinski definition) is 3. The van der Waals surface area contributed by atoms with E-state index in [0.29, 0.717) is 0 Å². The molecule has 0 aliphatic carbocycles. The molecule has 0 aromatic heterocycles. The van der Waals surface area contributed by atoms with Gasteiger partial charge in [0.15, 0.2) is 0 Å². The molecule has 3 rings (SSSR count). The molecule has 0 spiro atoms. The summed E-state index contributed by atoms with van der Waals surface area (Å²) < 4.78 is 5.87. The van der Waals surface area contributed by atoms with E-state index < -0.39 is 0 Å². The highest BCUT2D eigenvalue weighted by molar-refractivity contribution is 5.83. The summed E-state index contributed by atoms with van der Waals surface area (Å²) in [5, 5.41) is 0. The zero-order valence-corrected chi connectivity index (χ0v) is 13.6. The second kappa shape index (κ2) is 6.39. The van der Waals surface area contributed by atoms with Crippen molar-refractivity contribution in [1.29, 1.82) is 0 Å². The molecule has 2 aliphatic heterocycles. The highest BCUT2D eigenvalue weighted by atomic mass is 16.5. The summed E-state index contributed by atoms with van der Waals surface area (Å²) in [6.45, 7) is 3.59. The third kappa shape index (κ3) is 2.90. The van der Waals surface area contributed by atoms with Gasteiger partial charge in [-0.15, -0.1) is 0 Å². The van der Waals surface area contributed by atoms with Gasteiger partial charge in [0.2, 0.25) is 5.91 Å². The van der Waals surface area contributed by atoms with Crippen molar-refractivity contribution in [1.82, 2.24) is 9.80 Å². The average Bonchev–Trinajstić information content (AvgIpc) is 2.97. The van der Waals surface area contributed by atoms with Crippen molar-refractivity contribution >= 4 is 5.91 Å². The minimum Gasteiger partial charge on any atom is -0.377 e. The fraction of sp³-hybridized carbons (Fsp3) is 0.611. The van der Waals surface area contributed by atoms with E-state index in [1.165, 1.54) is 5.56 Å². The largest absolute Gasteiger partial charge is 0.377 e. The smallest absolute Gasteiger partial charge is 0.232 e. The zero-order valence-electron chi connectivity index (χ0n) is 13.6. The molecule has 0 N–H and O–H groups in total. The molecule has 1 aromatic rings. The van der Waals surface area contributed by atoms with E-state index in [-0.39, 0.29) is 17.4 Å². The molecule has 2 atom stereocenters. The zero-order chi connectivity index (χ0) is 15.6. The van der Waals surface area contributed by atoms with Crippen LogP contribution in [0.25, 0.3) is 0 Å². The maximum Gasteiger partial charge on any atom is 0.232 e. The Morgan fingerprint density at radius 3 is 2.86 bits per heavy atom. The monoisotopic (exact) mass is 302 g/mol. The van der Waals surface area contributed by atoms with Gasteiger partial charge in [0.05, 0.1) is 11.5 Å². The van der Waals surface area contributed by atoms with Gasteiger partial charge in [-0.1, -0.05) is 30.3 Å². The molecule has 2 heterocycles. The van der Waals surface area contributed by atoms with Gasteiger partial charge in [0, 0.05) is 40.3 Å². The third-order valence-electron chi connectivity index (χ3n) is 5.09. The van der Waals surface area contributed by atoms with Crippen molar-refractivity contribution < 1.29 is 9.53 Å². The summed E-state index contributed by atoms with van der Waals surface area (Å²) in [5.74, 6) is 0.236. The van der Waals surface area contributed by atoms with Gasteiger partial charge in [-0.25, -0.2) is 0 Å². The summed E-state index contributed by atoms with van der Waals surface area (Å²) in [4.78, 5) is 16.9. The van der Waals surface area contributed by atoms with Crippen LogP contribution in [0.5, 0.6) is 0 Å². The summed E-state index contributed by atoms with van der Waals surface area (Å²) >= 11 is 0. The molecule has 22 heavy (non-hydrogen) atoms. The average molecular weight is 302 g/mol. The number of carbonyl (C=O) groups is 1. The molecule has 120 valence electrons. The van der Waals surface area contributed by atoms with Crippen LogP contribution in [-0.4, -0.2) is 62.1 Å². The number of ether oxygens (including phenoxy) is 1. The van der Waals surface area contributed by atoms with E-state index in [2.05, 4.69) is 35.2 Å². The summed E-state index contributed by atoms with van der Waals surface area (Å²) in [5.41, 5.74) is 1.04. The van der Waals surface area contributed by atoms with Crippen LogP contribution in [0, 0.1) is 5.41 Å². The van der Waals surface area contributed by atoms with E-state index in [4.69, 9.17) is 4.74 Å². The topological polar surface area (TPSA) is 32.8 Å². The van der Waals surface area contributed by atoms with Crippen LogP contribution in [0.3, 0.4) is 0 Å². The lowest BCUT2D eigenvalue weighted by Crippen LogP contribution is -2.57. The number of likely N-dealkylation sites (tertiary alicyclic amines) is 1. The molecule has 0 unspecified atom stereocenters. The number of rotatable bonds is 4. The highest BCUT2D eigenvalue weighted by Crippen LogP contribution is 2.42. The van der Waals surface area contributed by atoms with Crippen molar-refractivity contribution in [3.8, 4) is 0 Å². The molecule has 0 bridgehead atoms. The van der Waals surface area contributed by atoms with Crippen LogP contribution < -0.4 is 0 Å². The molecule has 1 aromatic carbocycles. The van der Waals surface area contributed by atoms with Crippen molar-refractivity contribution in [3.63, 3.8) is 0 Å². The van der Waals surface area contributed by atoms with E-state index >= 15 is 0 Å². The first-order valence-corrected chi connectivity index (χ1v) is 8.21. The van der Waals surface area contributed by atoms with Crippen LogP contribution in [0.2, 0.25) is 0 Å². The number of nitrogens with zero attached hydrogens (tertiary/aromatic N) is 2. The van der Waals surface area contributed by atoms with Gasteiger partial charge >= 0.3 is 0 Å². The summed E-state index contributed by atoms with van der Waals surface area (Å²) in [7, 11) is 3.71. The SMILES string of the molecule is CN(C)C(=O)[C@]12CCO[C@H]1CCN(CCc1ccccc1)C2. The van der Waals surface area contributed by atoms with Gasteiger partial charge in [0.1, 0.15) is 0 Å². The summed E-state index contributed by atoms with van der Waals surface area (Å²) in [6.07, 6.45) is 2.97. The van der Waals surface area contributed by atoms with Gasteiger partial charge in [-0.3, -0.25) is 4.79 Å². The van der Waals surface area contributed by atoms with Crippen LogP contribution in [0.1, 0.15) is 18.4 Å². The number of carbonyl (C=O) groups excluding carboxylic acids is 1. The molecule has 2 aliphatic rings. The first-order chi connectivity index (χ1) is 10.6. The number of piperidine rings is 1. The molecule has 4 heteroatoms. The Morgan fingerprint density at radius 2 is 2.14 bits per heavy atom. The first-order valence-electron chi connectivity index (χ1n) is 8.21. The molecule has 1 amide bonds. The Bertz CT molecular complexity index is 517. The fourth-order valence-electron chi connectivity index (χ4n) is 3.90. The minimum absolute atomic E-state index is 0.107. The highest BCUT2D eigenvalue weighted by Gasteiger charge is 2.53. The van der Waals surface area contributed by atoms with Crippen LogP contribution >= 0.6 is 0 Å². The van der Waals surface area contributed by atoms with Crippen molar-refractivity contribution in [2.45, 2.75) is 25.4 Å². The molecule has 0 radical (unpaired) electrons. The van der Waals surface area contributed by atoms with Crippen molar-refractivity contribution in [2.24, 2.45) is 5.41 Å². The van der Waals surface area contributed by atoms with Crippen molar-refractivity contribution in [2.75, 3.05) is 40.3 Å².